The van der Waals surface area contributed by atoms with Gasteiger partial charge in [-0.15, -0.1) is 0 Å². The second-order valence-corrected chi connectivity index (χ2v) is 7.63. The molecule has 1 N–H and O–H groups in total. The molecule has 1 saturated heterocycles. The van der Waals surface area contributed by atoms with E-state index in [0.717, 1.165) is 0 Å². The molecule has 2 rings (SSSR count). The Morgan fingerprint density at radius 1 is 1.29 bits per heavy atom. The maximum atomic E-state index is 12.6. The Labute approximate surface area is 142 Å². The fourth-order valence-corrected chi connectivity index (χ4v) is 4.02. The molecule has 1 aliphatic heterocycles. The summed E-state index contributed by atoms with van der Waals surface area (Å²) in [4.78, 5) is 24.5. The molecule has 8 heteroatoms. The van der Waals surface area contributed by atoms with Crippen molar-refractivity contribution in [3.05, 3.63) is 29.8 Å². The van der Waals surface area contributed by atoms with Crippen LogP contribution in [-0.2, 0) is 19.6 Å². The summed E-state index contributed by atoms with van der Waals surface area (Å²) in [5.41, 5.74) is 0.567. The van der Waals surface area contributed by atoms with Crippen LogP contribution in [0.3, 0.4) is 0 Å². The summed E-state index contributed by atoms with van der Waals surface area (Å²) in [6.45, 7) is 3.82. The number of amides is 1. The van der Waals surface area contributed by atoms with Crippen LogP contribution in [0.2, 0.25) is 0 Å². The van der Waals surface area contributed by atoms with Gasteiger partial charge in [0.05, 0.1) is 23.6 Å². The molecule has 0 aromatic heterocycles. The number of carbonyl (C=O) groups excluding carboxylic acids is 2. The number of sulfonamides is 1. The summed E-state index contributed by atoms with van der Waals surface area (Å²) in [6.07, 6.45) is 1.10. The third-order valence-corrected chi connectivity index (χ3v) is 5.79. The van der Waals surface area contributed by atoms with Crippen molar-refractivity contribution in [2.45, 2.75) is 32.7 Å². The fourth-order valence-electron chi connectivity index (χ4n) is 2.70. The molecule has 0 bridgehead atoms. The first kappa shape index (κ1) is 18.4. The third kappa shape index (κ3) is 3.93. The smallest absolute Gasteiger partial charge is 0.340 e. The Morgan fingerprint density at radius 2 is 2.00 bits per heavy atom. The van der Waals surface area contributed by atoms with Gasteiger partial charge in [0, 0.05) is 6.54 Å². The van der Waals surface area contributed by atoms with Crippen molar-refractivity contribution in [3.8, 4) is 0 Å². The number of benzene rings is 1. The van der Waals surface area contributed by atoms with Crippen LogP contribution in [-0.4, -0.2) is 49.5 Å². The summed E-state index contributed by atoms with van der Waals surface area (Å²) >= 11 is 0. The van der Waals surface area contributed by atoms with Crippen LogP contribution in [0.1, 0.15) is 37.0 Å². The molecule has 0 aliphatic carbocycles. The molecule has 0 radical (unpaired) electrons. The van der Waals surface area contributed by atoms with Crippen LogP contribution in [0.4, 0.5) is 5.69 Å². The van der Waals surface area contributed by atoms with Crippen molar-refractivity contribution in [1.82, 2.24) is 4.31 Å². The molecule has 1 aliphatic rings. The maximum Gasteiger partial charge on any atom is 0.340 e. The quantitative estimate of drug-likeness (QED) is 0.784. The van der Waals surface area contributed by atoms with Gasteiger partial charge >= 0.3 is 5.97 Å². The van der Waals surface area contributed by atoms with Gasteiger partial charge < -0.3 is 10.1 Å². The number of esters is 1. The van der Waals surface area contributed by atoms with Crippen molar-refractivity contribution in [3.63, 3.8) is 0 Å². The minimum Gasteiger partial charge on any atom is -0.462 e. The number of anilines is 1. The lowest BCUT2D eigenvalue weighted by Gasteiger charge is -2.23. The van der Waals surface area contributed by atoms with Crippen molar-refractivity contribution in [2.75, 3.05) is 24.2 Å². The predicted molar refractivity (Wildman–Crippen MR) is 90.2 cm³/mol. The second kappa shape index (κ2) is 7.76. The van der Waals surface area contributed by atoms with E-state index in [1.54, 1.807) is 38.1 Å². The Kier molecular flexibility index (Phi) is 5.95. The summed E-state index contributed by atoms with van der Waals surface area (Å²) < 4.78 is 30.4. The van der Waals surface area contributed by atoms with Crippen LogP contribution in [0.15, 0.2) is 24.3 Å². The molecule has 132 valence electrons. The predicted octanol–water partition coefficient (Wildman–Crippen LogP) is 1.62. The minimum absolute atomic E-state index is 0.0454. The zero-order valence-corrected chi connectivity index (χ0v) is 14.6. The Hall–Kier alpha value is -1.93. The van der Waals surface area contributed by atoms with Gasteiger partial charge in [0.25, 0.3) is 0 Å². The first-order chi connectivity index (χ1) is 11.4. The molecule has 24 heavy (non-hydrogen) atoms. The topological polar surface area (TPSA) is 92.8 Å². The lowest BCUT2D eigenvalue weighted by molar-refractivity contribution is -0.119. The number of hydrogen-bond acceptors (Lipinski definition) is 5. The van der Waals surface area contributed by atoms with Gasteiger partial charge in [-0.25, -0.2) is 13.2 Å². The van der Waals surface area contributed by atoms with Gasteiger partial charge in [-0.05, 0) is 38.8 Å². The maximum absolute atomic E-state index is 12.6. The van der Waals surface area contributed by atoms with Gasteiger partial charge in [-0.2, -0.15) is 4.31 Å². The third-order valence-electron chi connectivity index (χ3n) is 3.91. The van der Waals surface area contributed by atoms with Crippen molar-refractivity contribution in [2.24, 2.45) is 0 Å². The first-order valence-electron chi connectivity index (χ1n) is 7.97. The highest BCUT2D eigenvalue weighted by Crippen LogP contribution is 2.24. The zero-order valence-electron chi connectivity index (χ0n) is 13.8. The highest BCUT2D eigenvalue weighted by molar-refractivity contribution is 7.89. The van der Waals surface area contributed by atoms with Crippen LogP contribution < -0.4 is 5.32 Å². The van der Waals surface area contributed by atoms with Crippen LogP contribution in [0, 0.1) is 0 Å². The van der Waals surface area contributed by atoms with E-state index in [1.165, 1.54) is 4.31 Å². The first-order valence-corrected chi connectivity index (χ1v) is 9.58. The summed E-state index contributed by atoms with van der Waals surface area (Å²) in [7, 11) is -3.44. The molecule has 0 spiro atoms. The average molecular weight is 354 g/mol. The molecule has 1 aromatic rings. The highest BCUT2D eigenvalue weighted by Gasteiger charge is 2.37. The van der Waals surface area contributed by atoms with Gasteiger partial charge in [0.2, 0.25) is 15.9 Å². The second-order valence-electron chi connectivity index (χ2n) is 5.42. The lowest BCUT2D eigenvalue weighted by atomic mass is 10.1. The number of carbonyl (C=O) groups is 2. The van der Waals surface area contributed by atoms with E-state index < -0.39 is 27.9 Å². The molecule has 7 nitrogen and oxygen atoms in total. The monoisotopic (exact) mass is 354 g/mol. The highest BCUT2D eigenvalue weighted by atomic mass is 32.2. The molecule has 1 atom stereocenters. The normalized spacial score (nSPS) is 18.3. The number of rotatable bonds is 6. The van der Waals surface area contributed by atoms with Crippen LogP contribution >= 0.6 is 0 Å². The number of nitrogens with zero attached hydrogens (tertiary/aromatic N) is 1. The molecule has 1 fully saturated rings. The fraction of sp³-hybridized carbons (Fsp3) is 0.500. The standard InChI is InChI=1S/C16H22N2O5S/c1-3-23-16(20)12-8-5-6-9-13(12)17-15(19)14-10-7-11-18(14)24(21,22)4-2/h5-6,8-9,14H,3-4,7,10-11H2,1-2H3,(H,17,19). The van der Waals surface area contributed by atoms with Gasteiger partial charge in [0.15, 0.2) is 0 Å². The number of ether oxygens (including phenoxy) is 1. The average Bonchev–Trinajstić information content (AvgIpc) is 3.06. The molecule has 1 heterocycles. The number of hydrogen-bond donors (Lipinski definition) is 1. The van der Waals surface area contributed by atoms with Gasteiger partial charge in [-0.1, -0.05) is 12.1 Å². The SMILES string of the molecule is CCOC(=O)c1ccccc1NC(=O)C1CCCN1S(=O)(=O)CC. The lowest BCUT2D eigenvalue weighted by Crippen LogP contribution is -2.43. The van der Waals surface area contributed by atoms with Gasteiger partial charge in [0.1, 0.15) is 6.04 Å². The Bertz CT molecular complexity index is 717. The van der Waals surface area contributed by atoms with Crippen LogP contribution in [0.5, 0.6) is 0 Å². The zero-order chi connectivity index (χ0) is 17.7. The summed E-state index contributed by atoms with van der Waals surface area (Å²) in [6, 6.07) is 5.77. The van der Waals surface area contributed by atoms with Crippen molar-refractivity contribution in [1.29, 1.82) is 0 Å². The molecule has 0 saturated carbocycles. The molecular formula is C16H22N2O5S. The van der Waals surface area contributed by atoms with E-state index in [4.69, 9.17) is 4.74 Å². The van der Waals surface area contributed by atoms with E-state index in [9.17, 15) is 18.0 Å². The summed E-state index contributed by atoms with van der Waals surface area (Å²) in [5, 5.41) is 2.67. The Morgan fingerprint density at radius 3 is 2.67 bits per heavy atom. The largest absolute Gasteiger partial charge is 0.462 e. The Balaban J connectivity index is 2.20. The van der Waals surface area contributed by atoms with Crippen molar-refractivity contribution < 1.29 is 22.7 Å². The number of nitrogens with one attached hydrogen (secondary N) is 1. The van der Waals surface area contributed by atoms with E-state index in [1.807, 2.05) is 0 Å². The van der Waals surface area contributed by atoms with Crippen molar-refractivity contribution >= 4 is 27.6 Å². The minimum atomic E-state index is -3.44. The van der Waals surface area contributed by atoms with Crippen LogP contribution in [0.25, 0.3) is 0 Å². The molecule has 1 aromatic carbocycles. The molecule has 1 unspecified atom stereocenters. The van der Waals surface area contributed by atoms with E-state index in [-0.39, 0.29) is 17.9 Å². The summed E-state index contributed by atoms with van der Waals surface area (Å²) in [5.74, 6) is -1.00. The van der Waals surface area contributed by atoms with E-state index in [0.29, 0.717) is 25.1 Å². The molecule has 1 amide bonds. The number of para-hydroxylation sites is 1. The molecular weight excluding hydrogens is 332 g/mol. The van der Waals surface area contributed by atoms with Gasteiger partial charge in [-0.3, -0.25) is 4.79 Å². The van der Waals surface area contributed by atoms with E-state index in [2.05, 4.69) is 5.32 Å². The van der Waals surface area contributed by atoms with E-state index >= 15 is 0 Å².